The molecule has 0 aromatic heterocycles. The molecule has 0 aliphatic carbocycles. The Bertz CT molecular complexity index is 72.2. The first-order chi connectivity index (χ1) is 3.68. The molecule has 0 heterocycles. The molecule has 0 bridgehead atoms. The molecule has 6 heteroatoms. The molecule has 0 aliphatic heterocycles. The van der Waals surface area contributed by atoms with Crippen molar-refractivity contribution in [3.63, 3.8) is 0 Å². The molecule has 4 nitrogen and oxygen atoms in total. The summed E-state index contributed by atoms with van der Waals surface area (Å²) >= 11 is 0. The van der Waals surface area contributed by atoms with Crippen molar-refractivity contribution in [2.45, 2.75) is 0 Å². The lowest BCUT2D eigenvalue weighted by Crippen LogP contribution is -1.67. The molecular formula is C2H7BNO3P. The van der Waals surface area contributed by atoms with E-state index in [4.69, 9.17) is 15.0 Å². The predicted molar refractivity (Wildman–Crippen MR) is 32.5 cm³/mol. The second-order valence-corrected chi connectivity index (χ2v) is 1.53. The quantitative estimate of drug-likeness (QED) is 0.355. The Kier molecular flexibility index (Phi) is 13.4. The van der Waals surface area contributed by atoms with Gasteiger partial charge in [0.05, 0.1) is 0 Å². The topological polar surface area (TPSA) is 73.5 Å². The van der Waals surface area contributed by atoms with E-state index >= 15 is 0 Å². The fourth-order valence-electron chi connectivity index (χ4n) is 0. The van der Waals surface area contributed by atoms with E-state index in [9.17, 15) is 0 Å². The zero-order valence-corrected chi connectivity index (χ0v) is 5.59. The molecule has 0 saturated heterocycles. The first kappa shape index (κ1) is 10.8. The molecule has 8 heavy (non-hydrogen) atoms. The Morgan fingerprint density at radius 3 is 1.88 bits per heavy atom. The smallest absolute Gasteiger partial charge is 0.326 e. The lowest BCUT2D eigenvalue weighted by atomic mass is 10.2. The second kappa shape index (κ2) is 9.98. The number of hydrogen-bond donors (Lipinski definition) is 2. The summed E-state index contributed by atoms with van der Waals surface area (Å²) in [6.07, 6.45) is 0. The fourth-order valence-corrected chi connectivity index (χ4v) is 0. The minimum atomic E-state index is -2.10. The van der Waals surface area contributed by atoms with Crippen LogP contribution in [-0.2, 0) is 4.52 Å². The molecule has 0 unspecified atom stereocenters. The van der Waals surface area contributed by atoms with Crippen molar-refractivity contribution >= 4 is 16.4 Å². The van der Waals surface area contributed by atoms with E-state index in [0.29, 0.717) is 0 Å². The van der Waals surface area contributed by atoms with E-state index in [-0.39, 0.29) is 0 Å². The molecule has 0 saturated carbocycles. The summed E-state index contributed by atoms with van der Waals surface area (Å²) in [5, 5.41) is 7.32. The first-order valence-electron chi connectivity index (χ1n) is 1.71. The minimum Gasteiger partial charge on any atom is -0.328 e. The zero-order chi connectivity index (χ0) is 6.99. The van der Waals surface area contributed by atoms with E-state index < -0.39 is 8.60 Å². The second-order valence-electron chi connectivity index (χ2n) is 0.659. The molecule has 0 radical (unpaired) electrons. The van der Waals surface area contributed by atoms with Gasteiger partial charge in [0.1, 0.15) is 0 Å². The molecular weight excluding hydrogens is 128 g/mol. The van der Waals surface area contributed by atoms with Gasteiger partial charge in [-0.1, -0.05) is 0 Å². The SMILES string of the molecule is BC#N.COP(O)O. The normalized spacial score (nSPS) is 6.88. The predicted octanol–water partition coefficient (Wildman–Crippen LogP) is -1.06. The van der Waals surface area contributed by atoms with Crippen LogP contribution in [0.25, 0.3) is 0 Å². The van der Waals surface area contributed by atoms with Crippen molar-refractivity contribution in [1.82, 2.24) is 0 Å². The van der Waals surface area contributed by atoms with E-state index in [2.05, 4.69) is 4.52 Å². The van der Waals surface area contributed by atoms with Crippen LogP contribution in [0.5, 0.6) is 0 Å². The van der Waals surface area contributed by atoms with Gasteiger partial charge >= 0.3 is 8.60 Å². The van der Waals surface area contributed by atoms with Crippen molar-refractivity contribution < 1.29 is 14.3 Å². The Balaban J connectivity index is 0. The summed E-state index contributed by atoms with van der Waals surface area (Å²) < 4.78 is 3.93. The Hall–Kier alpha value is -0.135. The van der Waals surface area contributed by atoms with Crippen LogP contribution in [0.2, 0.25) is 0 Å². The number of rotatable bonds is 1. The van der Waals surface area contributed by atoms with Gasteiger partial charge in [-0.15, -0.1) is 0 Å². The van der Waals surface area contributed by atoms with Gasteiger partial charge in [0.2, 0.25) is 7.85 Å². The molecule has 46 valence electrons. The maximum atomic E-state index is 7.76. The van der Waals surface area contributed by atoms with Crippen molar-refractivity contribution in [2.24, 2.45) is 0 Å². The fraction of sp³-hybridized carbons (Fsp3) is 0.500. The Labute approximate surface area is 50.1 Å². The first-order valence-corrected chi connectivity index (χ1v) is 2.88. The summed E-state index contributed by atoms with van der Waals surface area (Å²) in [6, 6.07) is 0. The summed E-state index contributed by atoms with van der Waals surface area (Å²) in [4.78, 5) is 15.5. The monoisotopic (exact) mass is 135 g/mol. The van der Waals surface area contributed by atoms with Gasteiger partial charge in [-0.25, -0.2) is 5.26 Å². The van der Waals surface area contributed by atoms with E-state index in [1.165, 1.54) is 15.0 Å². The van der Waals surface area contributed by atoms with Crippen molar-refractivity contribution in [2.75, 3.05) is 7.11 Å². The van der Waals surface area contributed by atoms with Crippen molar-refractivity contribution in [3.05, 3.63) is 0 Å². The van der Waals surface area contributed by atoms with Crippen LogP contribution in [-0.4, -0.2) is 24.7 Å². The highest BCUT2D eigenvalue weighted by atomic mass is 31.2. The molecule has 0 rings (SSSR count). The molecule has 0 aromatic rings. The molecule has 0 amide bonds. The van der Waals surface area contributed by atoms with Gasteiger partial charge in [-0.05, 0) is 5.97 Å². The van der Waals surface area contributed by atoms with Crippen LogP contribution in [0.1, 0.15) is 0 Å². The largest absolute Gasteiger partial charge is 0.328 e. The van der Waals surface area contributed by atoms with Gasteiger partial charge < -0.3 is 14.3 Å². The van der Waals surface area contributed by atoms with Gasteiger partial charge in [0.15, 0.2) is 0 Å². The molecule has 0 spiro atoms. The number of hydrogen-bond acceptors (Lipinski definition) is 4. The maximum absolute atomic E-state index is 7.76. The highest BCUT2D eigenvalue weighted by molar-refractivity contribution is 7.39. The van der Waals surface area contributed by atoms with E-state index in [0.717, 1.165) is 0 Å². The van der Waals surface area contributed by atoms with Gasteiger partial charge in [0, 0.05) is 7.11 Å². The maximum Gasteiger partial charge on any atom is 0.326 e. The van der Waals surface area contributed by atoms with Gasteiger partial charge in [0.25, 0.3) is 0 Å². The average molecular weight is 135 g/mol. The summed E-state index contributed by atoms with van der Waals surface area (Å²) in [6.45, 7) is 0. The summed E-state index contributed by atoms with van der Waals surface area (Å²) in [5.41, 5.74) is 0. The molecule has 0 aliphatic rings. The lowest BCUT2D eigenvalue weighted by Gasteiger charge is -1.89. The van der Waals surface area contributed by atoms with Crippen LogP contribution in [0.4, 0.5) is 0 Å². The summed E-state index contributed by atoms with van der Waals surface area (Å²) in [7, 11) is 0.560. The van der Waals surface area contributed by atoms with E-state index in [1.807, 2.05) is 0 Å². The standard InChI is InChI=1S/CH2BN.CH5O3P/c2-1-3;1-4-5(2)3/h2H2;2-3H,1H3. The highest BCUT2D eigenvalue weighted by Crippen LogP contribution is 2.20. The molecule has 0 atom stereocenters. The third-order valence-corrected chi connectivity index (χ3v) is 0.490. The molecule has 2 N–H and O–H groups in total. The molecule has 0 aromatic carbocycles. The third kappa shape index (κ3) is 39.9. The Morgan fingerprint density at radius 2 is 1.88 bits per heavy atom. The van der Waals surface area contributed by atoms with Gasteiger partial charge in [-0.3, -0.25) is 0 Å². The highest BCUT2D eigenvalue weighted by Gasteiger charge is 1.86. The van der Waals surface area contributed by atoms with Crippen LogP contribution < -0.4 is 0 Å². The van der Waals surface area contributed by atoms with Crippen LogP contribution in [0, 0.1) is 11.2 Å². The van der Waals surface area contributed by atoms with Crippen molar-refractivity contribution in [1.29, 1.82) is 5.26 Å². The Morgan fingerprint density at radius 1 is 1.75 bits per heavy atom. The van der Waals surface area contributed by atoms with Gasteiger partial charge in [-0.2, -0.15) is 0 Å². The van der Waals surface area contributed by atoms with Crippen LogP contribution in [0.3, 0.4) is 0 Å². The van der Waals surface area contributed by atoms with E-state index in [1.54, 1.807) is 5.97 Å². The minimum absolute atomic E-state index is 1.23. The lowest BCUT2D eigenvalue weighted by molar-refractivity contribution is 0.310. The number of nitriles is 1. The zero-order valence-electron chi connectivity index (χ0n) is 4.70. The van der Waals surface area contributed by atoms with Crippen LogP contribution in [0.15, 0.2) is 0 Å². The average Bonchev–Trinajstić information content (AvgIpc) is 1.69. The van der Waals surface area contributed by atoms with Crippen molar-refractivity contribution in [3.8, 4) is 5.97 Å². The summed E-state index contributed by atoms with van der Waals surface area (Å²) in [5.74, 6) is 1.75. The number of nitrogens with zero attached hydrogens (tertiary/aromatic N) is 1. The van der Waals surface area contributed by atoms with Crippen LogP contribution >= 0.6 is 8.60 Å². The third-order valence-electron chi connectivity index (χ3n) is 0.163. The molecule has 0 fully saturated rings.